The molecule has 0 aromatic carbocycles. The Balaban J connectivity index is 1.45. The molecule has 0 bridgehead atoms. The van der Waals surface area contributed by atoms with Gasteiger partial charge in [0.05, 0.1) is 0 Å². The molecule has 130 valence electrons. The highest BCUT2D eigenvalue weighted by Crippen LogP contribution is 2.23. The first-order valence-corrected chi connectivity index (χ1v) is 9.14. The van der Waals surface area contributed by atoms with Gasteiger partial charge in [-0.25, -0.2) is 4.39 Å². The lowest BCUT2D eigenvalue weighted by molar-refractivity contribution is -0.121. The number of nitrogens with zero attached hydrogens (tertiary/aromatic N) is 3. The second kappa shape index (κ2) is 7.90. The van der Waals surface area contributed by atoms with Gasteiger partial charge < -0.3 is 5.32 Å². The van der Waals surface area contributed by atoms with E-state index in [0.29, 0.717) is 32.4 Å². The van der Waals surface area contributed by atoms with Crippen LogP contribution in [0.4, 0.5) is 4.39 Å². The first-order chi connectivity index (χ1) is 11.6. The van der Waals surface area contributed by atoms with Crippen LogP contribution in [0, 0.1) is 0 Å². The average molecular weight is 350 g/mol. The van der Waals surface area contributed by atoms with Gasteiger partial charge in [0, 0.05) is 55.9 Å². The first-order valence-electron chi connectivity index (χ1n) is 8.26. The van der Waals surface area contributed by atoms with E-state index < -0.39 is 6.17 Å². The molecular formula is C17H23FN4OS. The summed E-state index contributed by atoms with van der Waals surface area (Å²) in [6.07, 6.45) is 2.51. The van der Waals surface area contributed by atoms with Crippen molar-refractivity contribution in [3.8, 4) is 0 Å². The predicted octanol–water partition coefficient (Wildman–Crippen LogP) is 2.14. The molecule has 0 aliphatic carbocycles. The molecule has 2 atom stereocenters. The quantitative estimate of drug-likeness (QED) is 0.832. The number of hydrogen-bond acceptors (Lipinski definition) is 4. The van der Waals surface area contributed by atoms with Gasteiger partial charge in [-0.05, 0) is 30.4 Å². The largest absolute Gasteiger partial charge is 0.355 e. The number of aryl methyl sites for hydroxylation is 2. The third-order valence-electron chi connectivity index (χ3n) is 4.48. The van der Waals surface area contributed by atoms with Gasteiger partial charge in [0.2, 0.25) is 5.91 Å². The summed E-state index contributed by atoms with van der Waals surface area (Å²) in [7, 11) is 1.87. The Hall–Kier alpha value is -1.73. The van der Waals surface area contributed by atoms with Crippen molar-refractivity contribution in [2.45, 2.75) is 38.0 Å². The van der Waals surface area contributed by atoms with Crippen LogP contribution >= 0.6 is 11.3 Å². The molecule has 5 nitrogen and oxygen atoms in total. The summed E-state index contributed by atoms with van der Waals surface area (Å²) in [5, 5.41) is 9.09. The number of thiophene rings is 1. The summed E-state index contributed by atoms with van der Waals surface area (Å²) >= 11 is 1.69. The zero-order valence-corrected chi connectivity index (χ0v) is 14.6. The molecule has 3 rings (SSSR count). The molecule has 1 fully saturated rings. The Labute approximate surface area is 145 Å². The second-order valence-electron chi connectivity index (χ2n) is 6.25. The highest BCUT2D eigenvalue weighted by molar-refractivity contribution is 7.09. The minimum atomic E-state index is -0.804. The van der Waals surface area contributed by atoms with E-state index in [1.807, 2.05) is 24.6 Å². The highest BCUT2D eigenvalue weighted by Gasteiger charge is 2.32. The van der Waals surface area contributed by atoms with E-state index in [1.165, 1.54) is 4.88 Å². The number of carbonyl (C=O) groups is 1. The topological polar surface area (TPSA) is 50.2 Å². The summed E-state index contributed by atoms with van der Waals surface area (Å²) in [6, 6.07) is 6.07. The lowest BCUT2D eigenvalue weighted by Crippen LogP contribution is -2.39. The number of alkyl halides is 1. The number of carbonyl (C=O) groups excluding carboxylic acids is 1. The molecule has 3 heterocycles. The van der Waals surface area contributed by atoms with Gasteiger partial charge in [-0.2, -0.15) is 5.10 Å². The molecule has 0 spiro atoms. The fourth-order valence-corrected chi connectivity index (χ4v) is 3.87. The number of likely N-dealkylation sites (tertiary alicyclic amines) is 1. The monoisotopic (exact) mass is 350 g/mol. The SMILES string of the molecule is Cn1nccc1CCC(=O)NC[C@@H]1C[C@H](F)CN1Cc1cccs1. The molecule has 1 aliphatic heterocycles. The lowest BCUT2D eigenvalue weighted by Gasteiger charge is -2.23. The standard InChI is InChI=1S/C17H23FN4OS/c1-21-14(6-7-20-21)4-5-17(23)19-10-15-9-13(18)11-22(15)12-16-3-2-8-24-16/h2-3,6-8,13,15H,4-5,9-12H2,1H3,(H,19,23)/t13-,15-/m0/s1. The van der Waals surface area contributed by atoms with E-state index in [-0.39, 0.29) is 11.9 Å². The van der Waals surface area contributed by atoms with Gasteiger partial charge in [0.25, 0.3) is 0 Å². The summed E-state index contributed by atoms with van der Waals surface area (Å²) in [5.74, 6) is 0.00887. The van der Waals surface area contributed by atoms with E-state index in [0.717, 1.165) is 12.2 Å². The minimum absolute atomic E-state index is 0.00887. The van der Waals surface area contributed by atoms with Crippen molar-refractivity contribution in [2.24, 2.45) is 7.05 Å². The van der Waals surface area contributed by atoms with Crippen molar-refractivity contribution in [3.05, 3.63) is 40.3 Å². The van der Waals surface area contributed by atoms with Crippen molar-refractivity contribution < 1.29 is 9.18 Å². The minimum Gasteiger partial charge on any atom is -0.355 e. The summed E-state index contributed by atoms with van der Waals surface area (Å²) in [4.78, 5) is 15.4. The van der Waals surface area contributed by atoms with Crippen LogP contribution in [0.5, 0.6) is 0 Å². The van der Waals surface area contributed by atoms with Gasteiger partial charge in [0.15, 0.2) is 0 Å². The van der Waals surface area contributed by atoms with E-state index >= 15 is 0 Å². The number of rotatable bonds is 7. The fraction of sp³-hybridized carbons (Fsp3) is 0.529. The van der Waals surface area contributed by atoms with Crippen LogP contribution in [0.1, 0.15) is 23.4 Å². The number of halogens is 1. The summed E-state index contributed by atoms with van der Waals surface area (Å²) in [5.41, 5.74) is 1.04. The fourth-order valence-electron chi connectivity index (χ4n) is 3.14. The molecule has 0 unspecified atom stereocenters. The van der Waals surface area contributed by atoms with Crippen molar-refractivity contribution in [1.82, 2.24) is 20.0 Å². The normalized spacial score (nSPS) is 21.2. The van der Waals surface area contributed by atoms with Gasteiger partial charge in [-0.3, -0.25) is 14.4 Å². The van der Waals surface area contributed by atoms with Crippen molar-refractivity contribution >= 4 is 17.2 Å². The van der Waals surface area contributed by atoms with E-state index in [4.69, 9.17) is 0 Å². The molecule has 24 heavy (non-hydrogen) atoms. The van der Waals surface area contributed by atoms with Crippen LogP contribution in [-0.2, 0) is 24.8 Å². The molecule has 2 aromatic rings. The molecule has 0 saturated carbocycles. The molecule has 0 radical (unpaired) electrons. The van der Waals surface area contributed by atoms with Crippen LogP contribution in [-0.4, -0.2) is 45.9 Å². The first kappa shape index (κ1) is 17.1. The van der Waals surface area contributed by atoms with Crippen LogP contribution in [0.2, 0.25) is 0 Å². The Bertz CT molecular complexity index is 657. The molecule has 1 aliphatic rings. The van der Waals surface area contributed by atoms with Gasteiger partial charge in [-0.15, -0.1) is 11.3 Å². The average Bonchev–Trinajstić information content (AvgIpc) is 3.27. The molecule has 1 saturated heterocycles. The van der Waals surface area contributed by atoms with Crippen molar-refractivity contribution in [3.63, 3.8) is 0 Å². The Morgan fingerprint density at radius 1 is 1.50 bits per heavy atom. The van der Waals surface area contributed by atoms with Crippen molar-refractivity contribution in [1.29, 1.82) is 0 Å². The maximum Gasteiger partial charge on any atom is 0.220 e. The van der Waals surface area contributed by atoms with Crippen LogP contribution in [0.3, 0.4) is 0 Å². The number of hydrogen-bond donors (Lipinski definition) is 1. The van der Waals surface area contributed by atoms with Crippen LogP contribution in [0.25, 0.3) is 0 Å². The molecular weight excluding hydrogens is 327 g/mol. The van der Waals surface area contributed by atoms with Gasteiger partial charge in [-0.1, -0.05) is 6.07 Å². The second-order valence-corrected chi connectivity index (χ2v) is 7.28. The van der Waals surface area contributed by atoms with Crippen LogP contribution in [0.15, 0.2) is 29.8 Å². The van der Waals surface area contributed by atoms with E-state index in [1.54, 1.807) is 22.2 Å². The number of nitrogens with one attached hydrogen (secondary N) is 1. The smallest absolute Gasteiger partial charge is 0.220 e. The predicted molar refractivity (Wildman–Crippen MR) is 92.6 cm³/mol. The number of amides is 1. The Kier molecular flexibility index (Phi) is 5.63. The van der Waals surface area contributed by atoms with E-state index in [2.05, 4.69) is 21.4 Å². The molecule has 1 N–H and O–H groups in total. The molecule has 1 amide bonds. The van der Waals surface area contributed by atoms with Crippen molar-refractivity contribution in [2.75, 3.05) is 13.1 Å². The van der Waals surface area contributed by atoms with Gasteiger partial charge in [0.1, 0.15) is 6.17 Å². The summed E-state index contributed by atoms with van der Waals surface area (Å²) < 4.78 is 15.6. The Morgan fingerprint density at radius 2 is 2.38 bits per heavy atom. The molecule has 2 aromatic heterocycles. The van der Waals surface area contributed by atoms with Gasteiger partial charge >= 0.3 is 0 Å². The van der Waals surface area contributed by atoms with E-state index in [9.17, 15) is 9.18 Å². The molecule has 7 heteroatoms. The maximum absolute atomic E-state index is 13.8. The zero-order valence-electron chi connectivity index (χ0n) is 13.8. The zero-order chi connectivity index (χ0) is 16.9. The Morgan fingerprint density at radius 3 is 3.08 bits per heavy atom. The lowest BCUT2D eigenvalue weighted by atomic mass is 10.2. The van der Waals surface area contributed by atoms with Crippen LogP contribution < -0.4 is 5.32 Å². The summed E-state index contributed by atoms with van der Waals surface area (Å²) in [6.45, 7) is 1.72. The third kappa shape index (κ3) is 4.42. The highest BCUT2D eigenvalue weighted by atomic mass is 32.1. The number of aromatic nitrogens is 2. The third-order valence-corrected chi connectivity index (χ3v) is 5.34. The maximum atomic E-state index is 13.8.